The number of rotatable bonds is 4. The molecule has 1 aromatic heterocycles. The van der Waals surface area contributed by atoms with E-state index in [0.29, 0.717) is 22.5 Å². The first-order chi connectivity index (χ1) is 13.6. The molecule has 142 valence electrons. The molecule has 28 heavy (non-hydrogen) atoms. The number of anilines is 1. The lowest BCUT2D eigenvalue weighted by Gasteiger charge is -2.26. The van der Waals surface area contributed by atoms with Gasteiger partial charge in [0.2, 0.25) is 0 Å². The molecule has 1 aliphatic rings. The summed E-state index contributed by atoms with van der Waals surface area (Å²) in [5, 5.41) is 5.78. The highest BCUT2D eigenvalue weighted by Gasteiger charge is 2.23. The number of furan rings is 1. The Bertz CT molecular complexity index is 1010. The van der Waals surface area contributed by atoms with Crippen molar-refractivity contribution in [2.24, 2.45) is 0 Å². The smallest absolute Gasteiger partial charge is 0.291 e. The van der Waals surface area contributed by atoms with Crippen molar-refractivity contribution in [3.05, 3.63) is 82.2 Å². The minimum Gasteiger partial charge on any atom is -0.493 e. The van der Waals surface area contributed by atoms with Crippen LogP contribution in [0.4, 0.5) is 5.69 Å². The van der Waals surface area contributed by atoms with Crippen molar-refractivity contribution in [3.8, 4) is 5.75 Å². The van der Waals surface area contributed by atoms with Crippen LogP contribution in [0, 0.1) is 0 Å². The molecule has 7 heteroatoms. The van der Waals surface area contributed by atoms with Gasteiger partial charge in [0.1, 0.15) is 5.75 Å². The van der Waals surface area contributed by atoms with Crippen molar-refractivity contribution in [2.45, 2.75) is 12.5 Å². The molecule has 0 saturated heterocycles. The Morgan fingerprint density at radius 2 is 1.75 bits per heavy atom. The van der Waals surface area contributed by atoms with Crippen LogP contribution in [-0.2, 0) is 0 Å². The van der Waals surface area contributed by atoms with Gasteiger partial charge in [0.15, 0.2) is 10.4 Å². The number of fused-ring (bicyclic) bond motifs is 1. The van der Waals surface area contributed by atoms with Gasteiger partial charge < -0.3 is 19.8 Å². The van der Waals surface area contributed by atoms with Crippen LogP contribution < -0.4 is 15.4 Å². The van der Waals surface area contributed by atoms with Crippen LogP contribution in [0.3, 0.4) is 0 Å². The molecule has 0 radical (unpaired) electrons. The fourth-order valence-electron chi connectivity index (χ4n) is 3.07. The summed E-state index contributed by atoms with van der Waals surface area (Å²) in [5.41, 5.74) is 2.07. The summed E-state index contributed by atoms with van der Waals surface area (Å²) in [7, 11) is 0. The highest BCUT2D eigenvalue weighted by Crippen LogP contribution is 2.31. The third-order valence-electron chi connectivity index (χ3n) is 4.47. The number of hydrogen-bond acceptors (Lipinski definition) is 4. The Morgan fingerprint density at radius 1 is 0.964 bits per heavy atom. The number of carbonyl (C=O) groups excluding carboxylic acids is 2. The fourth-order valence-corrected chi connectivity index (χ4v) is 3.37. The van der Waals surface area contributed by atoms with Gasteiger partial charge in [-0.3, -0.25) is 9.59 Å². The second-order valence-electron chi connectivity index (χ2n) is 6.34. The van der Waals surface area contributed by atoms with Crippen molar-refractivity contribution in [1.29, 1.82) is 0 Å². The van der Waals surface area contributed by atoms with E-state index in [0.717, 1.165) is 17.7 Å². The Hall–Kier alpha value is -3.06. The molecular weight excluding hydrogens is 424 g/mol. The summed E-state index contributed by atoms with van der Waals surface area (Å²) in [6.07, 6.45) is 0.718. The first kappa shape index (κ1) is 18.3. The number of para-hydroxylation sites is 1. The highest BCUT2D eigenvalue weighted by atomic mass is 79.9. The highest BCUT2D eigenvalue weighted by molar-refractivity contribution is 9.10. The minimum atomic E-state index is -0.360. The van der Waals surface area contributed by atoms with E-state index in [1.807, 2.05) is 24.3 Å². The molecule has 6 nitrogen and oxygen atoms in total. The van der Waals surface area contributed by atoms with Gasteiger partial charge in [-0.15, -0.1) is 0 Å². The Morgan fingerprint density at radius 3 is 2.50 bits per heavy atom. The van der Waals surface area contributed by atoms with E-state index in [4.69, 9.17) is 9.15 Å². The summed E-state index contributed by atoms with van der Waals surface area (Å²) < 4.78 is 11.3. The molecule has 2 aromatic carbocycles. The summed E-state index contributed by atoms with van der Waals surface area (Å²) in [5.74, 6) is 0.477. The van der Waals surface area contributed by atoms with E-state index in [2.05, 4.69) is 26.6 Å². The average Bonchev–Trinajstić information content (AvgIpc) is 3.15. The van der Waals surface area contributed by atoms with Crippen LogP contribution in [0.25, 0.3) is 0 Å². The Balaban J connectivity index is 1.41. The van der Waals surface area contributed by atoms with Crippen LogP contribution in [0.5, 0.6) is 5.75 Å². The molecule has 0 aliphatic carbocycles. The van der Waals surface area contributed by atoms with E-state index < -0.39 is 0 Å². The van der Waals surface area contributed by atoms with E-state index >= 15 is 0 Å². The predicted molar refractivity (Wildman–Crippen MR) is 108 cm³/mol. The number of benzene rings is 2. The molecule has 1 atom stereocenters. The zero-order valence-electron chi connectivity index (χ0n) is 14.8. The minimum absolute atomic E-state index is 0.0887. The van der Waals surface area contributed by atoms with Gasteiger partial charge in [-0.1, -0.05) is 18.2 Å². The maximum absolute atomic E-state index is 12.6. The number of hydrogen-bond donors (Lipinski definition) is 2. The molecule has 0 saturated carbocycles. The van der Waals surface area contributed by atoms with Gasteiger partial charge in [0.05, 0.1) is 12.6 Å². The quantitative estimate of drug-likeness (QED) is 0.623. The number of amides is 2. The molecule has 0 fully saturated rings. The van der Waals surface area contributed by atoms with Crippen LogP contribution in [0.1, 0.15) is 38.9 Å². The monoisotopic (exact) mass is 440 g/mol. The molecule has 0 spiro atoms. The summed E-state index contributed by atoms with van der Waals surface area (Å²) in [6, 6.07) is 17.6. The lowest BCUT2D eigenvalue weighted by atomic mass is 10.00. The third-order valence-corrected chi connectivity index (χ3v) is 4.89. The topological polar surface area (TPSA) is 80.6 Å². The lowest BCUT2D eigenvalue weighted by Crippen LogP contribution is -2.32. The van der Waals surface area contributed by atoms with Gasteiger partial charge in [0, 0.05) is 23.2 Å². The first-order valence-electron chi connectivity index (χ1n) is 8.79. The fraction of sp³-hybridized carbons (Fsp3) is 0.143. The number of halogens is 1. The summed E-state index contributed by atoms with van der Waals surface area (Å²) >= 11 is 3.16. The molecule has 0 bridgehead atoms. The van der Waals surface area contributed by atoms with Crippen molar-refractivity contribution < 1.29 is 18.7 Å². The first-order valence-corrected chi connectivity index (χ1v) is 9.59. The van der Waals surface area contributed by atoms with Crippen molar-refractivity contribution >= 4 is 33.4 Å². The molecule has 3 aromatic rings. The van der Waals surface area contributed by atoms with Crippen LogP contribution >= 0.6 is 15.9 Å². The molecule has 2 amide bonds. The molecule has 4 rings (SSSR count). The molecule has 0 unspecified atom stereocenters. The zero-order chi connectivity index (χ0) is 19.5. The van der Waals surface area contributed by atoms with E-state index in [1.165, 1.54) is 0 Å². The summed E-state index contributed by atoms with van der Waals surface area (Å²) in [6.45, 7) is 0.565. The average molecular weight is 441 g/mol. The van der Waals surface area contributed by atoms with E-state index in [9.17, 15) is 9.59 Å². The maximum atomic E-state index is 12.6. The standard InChI is InChI=1S/C21H17BrN2O4/c22-19-10-9-18(28-19)21(26)23-14-7-5-13(6-8-14)20(25)24-16-11-12-27-17-4-2-1-3-15(16)17/h1-10,16H,11-12H2,(H,23,26)(H,24,25)/t16-/m0/s1. The second-order valence-corrected chi connectivity index (χ2v) is 7.12. The third kappa shape index (κ3) is 3.94. The second kappa shape index (κ2) is 7.90. The van der Waals surface area contributed by atoms with Gasteiger partial charge >= 0.3 is 0 Å². The number of nitrogens with one attached hydrogen (secondary N) is 2. The van der Waals surface area contributed by atoms with Crippen LogP contribution in [-0.4, -0.2) is 18.4 Å². The van der Waals surface area contributed by atoms with Crippen molar-refractivity contribution in [2.75, 3.05) is 11.9 Å². The molecular formula is C21H17BrN2O4. The van der Waals surface area contributed by atoms with Crippen LogP contribution in [0.2, 0.25) is 0 Å². The van der Waals surface area contributed by atoms with E-state index in [1.54, 1.807) is 36.4 Å². The van der Waals surface area contributed by atoms with Gasteiger partial charge in [-0.05, 0) is 58.4 Å². The van der Waals surface area contributed by atoms with Crippen molar-refractivity contribution in [3.63, 3.8) is 0 Å². The molecule has 2 heterocycles. The van der Waals surface area contributed by atoms with Gasteiger partial charge in [0.25, 0.3) is 11.8 Å². The van der Waals surface area contributed by atoms with Crippen molar-refractivity contribution in [1.82, 2.24) is 5.32 Å². The Labute approximate surface area is 170 Å². The molecule has 1 aliphatic heterocycles. The molecule has 2 N–H and O–H groups in total. The summed E-state index contributed by atoms with van der Waals surface area (Å²) in [4.78, 5) is 24.7. The van der Waals surface area contributed by atoms with Crippen LogP contribution in [0.15, 0.2) is 69.8 Å². The zero-order valence-corrected chi connectivity index (χ0v) is 16.4. The lowest BCUT2D eigenvalue weighted by molar-refractivity contribution is 0.0924. The van der Waals surface area contributed by atoms with E-state index in [-0.39, 0.29) is 23.6 Å². The Kier molecular flexibility index (Phi) is 5.16. The predicted octanol–water partition coefficient (Wildman–Crippen LogP) is 4.55. The SMILES string of the molecule is O=C(N[C@H]1CCOc2ccccc21)c1ccc(NC(=O)c2ccc(Br)o2)cc1. The number of carbonyl (C=O) groups is 2. The number of ether oxygens (including phenoxy) is 1. The normalized spacial score (nSPS) is 15.2. The maximum Gasteiger partial charge on any atom is 0.291 e. The largest absolute Gasteiger partial charge is 0.493 e. The van der Waals surface area contributed by atoms with Gasteiger partial charge in [-0.2, -0.15) is 0 Å². The van der Waals surface area contributed by atoms with Gasteiger partial charge in [-0.25, -0.2) is 0 Å².